The molecule has 2 rings (SSSR count). The molecule has 1 aromatic rings. The van der Waals surface area contributed by atoms with E-state index in [1.54, 1.807) is 0 Å². The maximum Gasteiger partial charge on any atom is 0.0616 e. The largest absolute Gasteiger partial charge is 0.394 e. The molecule has 0 radical (unpaired) electrons. The second kappa shape index (κ2) is 7.66. The first-order valence-electron chi connectivity index (χ1n) is 8.17. The van der Waals surface area contributed by atoms with Crippen LogP contribution in [0, 0.1) is 19.8 Å². The van der Waals surface area contributed by atoms with Crippen molar-refractivity contribution >= 4 is 11.8 Å². The van der Waals surface area contributed by atoms with E-state index in [1.807, 2.05) is 11.8 Å². The van der Waals surface area contributed by atoms with Crippen molar-refractivity contribution in [1.82, 2.24) is 5.32 Å². The Hall–Kier alpha value is -0.510. The quantitative estimate of drug-likeness (QED) is 0.749. The molecular weight excluding hydrogens is 278 g/mol. The van der Waals surface area contributed by atoms with Crippen LogP contribution in [0.3, 0.4) is 0 Å². The fourth-order valence-electron chi connectivity index (χ4n) is 3.59. The predicted molar refractivity (Wildman–Crippen MR) is 92.1 cm³/mol. The van der Waals surface area contributed by atoms with Crippen molar-refractivity contribution in [3.8, 4) is 0 Å². The monoisotopic (exact) mass is 307 g/mol. The zero-order chi connectivity index (χ0) is 15.3. The molecule has 21 heavy (non-hydrogen) atoms. The van der Waals surface area contributed by atoms with Gasteiger partial charge in [-0.3, -0.25) is 0 Å². The molecule has 0 bridgehead atoms. The number of rotatable bonds is 7. The predicted octanol–water partition coefficient (Wildman–Crippen LogP) is 3.93. The van der Waals surface area contributed by atoms with Crippen LogP contribution < -0.4 is 5.32 Å². The van der Waals surface area contributed by atoms with E-state index in [0.717, 1.165) is 18.7 Å². The Balaban J connectivity index is 1.91. The Morgan fingerprint density at radius 1 is 1.38 bits per heavy atom. The lowest BCUT2D eigenvalue weighted by molar-refractivity contribution is 0.124. The van der Waals surface area contributed by atoms with Gasteiger partial charge in [0.15, 0.2) is 0 Å². The fraction of sp³-hybridized carbons (Fsp3) is 0.667. The van der Waals surface area contributed by atoms with Crippen LogP contribution in [0.25, 0.3) is 0 Å². The second-order valence-corrected chi connectivity index (χ2v) is 7.48. The fourth-order valence-corrected chi connectivity index (χ4v) is 4.77. The van der Waals surface area contributed by atoms with Gasteiger partial charge in [-0.15, -0.1) is 11.8 Å². The Kier molecular flexibility index (Phi) is 6.15. The van der Waals surface area contributed by atoms with Gasteiger partial charge in [0.1, 0.15) is 0 Å². The molecule has 1 fully saturated rings. The molecule has 0 aliphatic heterocycles. The number of nitrogens with one attached hydrogen (secondary N) is 1. The van der Waals surface area contributed by atoms with Gasteiger partial charge in [-0.2, -0.15) is 0 Å². The first-order chi connectivity index (χ1) is 10.1. The first-order valence-corrected chi connectivity index (χ1v) is 9.16. The molecule has 2 N–H and O–H groups in total. The number of aliphatic hydroxyl groups is 1. The third kappa shape index (κ3) is 4.02. The van der Waals surface area contributed by atoms with Crippen LogP contribution in [0.5, 0.6) is 0 Å². The number of thioether (sulfide) groups is 1. The van der Waals surface area contributed by atoms with Crippen molar-refractivity contribution in [3.63, 3.8) is 0 Å². The molecule has 0 aromatic heterocycles. The van der Waals surface area contributed by atoms with Crippen LogP contribution in [0.15, 0.2) is 23.1 Å². The van der Waals surface area contributed by atoms with Gasteiger partial charge < -0.3 is 10.4 Å². The summed E-state index contributed by atoms with van der Waals surface area (Å²) in [5, 5.41) is 13.4. The Labute approximate surface area is 133 Å². The molecule has 1 saturated carbocycles. The van der Waals surface area contributed by atoms with E-state index in [-0.39, 0.29) is 12.1 Å². The average molecular weight is 308 g/mol. The van der Waals surface area contributed by atoms with E-state index in [2.05, 4.69) is 44.3 Å². The summed E-state index contributed by atoms with van der Waals surface area (Å²) in [4.78, 5) is 1.41. The van der Waals surface area contributed by atoms with Gasteiger partial charge in [0.05, 0.1) is 6.61 Å². The maximum absolute atomic E-state index is 9.85. The summed E-state index contributed by atoms with van der Waals surface area (Å²) in [5.41, 5.74) is 2.69. The van der Waals surface area contributed by atoms with Crippen LogP contribution >= 0.6 is 11.8 Å². The van der Waals surface area contributed by atoms with Crippen molar-refractivity contribution in [1.29, 1.82) is 0 Å². The molecule has 0 saturated heterocycles. The molecule has 2 nitrogen and oxygen atoms in total. The van der Waals surface area contributed by atoms with Crippen molar-refractivity contribution in [3.05, 3.63) is 29.3 Å². The normalized spacial score (nSPS) is 25.4. The van der Waals surface area contributed by atoms with E-state index in [1.165, 1.54) is 35.3 Å². The molecule has 1 aliphatic carbocycles. The highest BCUT2D eigenvalue weighted by Crippen LogP contribution is 2.39. The van der Waals surface area contributed by atoms with Gasteiger partial charge in [-0.25, -0.2) is 0 Å². The molecule has 0 spiro atoms. The van der Waals surface area contributed by atoms with Gasteiger partial charge in [0.25, 0.3) is 0 Å². The van der Waals surface area contributed by atoms with E-state index in [4.69, 9.17) is 0 Å². The molecule has 0 heterocycles. The van der Waals surface area contributed by atoms with Crippen molar-refractivity contribution in [2.45, 2.75) is 56.9 Å². The molecule has 2 atom stereocenters. The zero-order valence-corrected chi connectivity index (χ0v) is 14.4. The topological polar surface area (TPSA) is 32.3 Å². The lowest BCUT2D eigenvalue weighted by atomic mass is 9.86. The van der Waals surface area contributed by atoms with E-state index in [9.17, 15) is 5.11 Å². The summed E-state index contributed by atoms with van der Waals surface area (Å²) in [6, 6.07) is 6.68. The van der Waals surface area contributed by atoms with Crippen molar-refractivity contribution in [2.24, 2.45) is 5.92 Å². The highest BCUT2D eigenvalue weighted by atomic mass is 32.2. The third-order valence-electron chi connectivity index (χ3n) is 4.84. The van der Waals surface area contributed by atoms with Gasteiger partial charge >= 0.3 is 0 Å². The summed E-state index contributed by atoms with van der Waals surface area (Å²) in [6.07, 6.45) is 4.80. The van der Waals surface area contributed by atoms with Crippen LogP contribution in [0.4, 0.5) is 0 Å². The molecule has 2 unspecified atom stereocenters. The Morgan fingerprint density at radius 2 is 2.19 bits per heavy atom. The standard InChI is InChI=1S/C18H29NOS/c1-4-19-18(13-20)10-5-6-16(18)9-11-21-17-12-14(2)7-8-15(17)3/h7-8,12,16,19-20H,4-6,9-11,13H2,1-3H3. The molecular formula is C18H29NOS. The summed E-state index contributed by atoms with van der Waals surface area (Å²) >= 11 is 1.97. The van der Waals surface area contributed by atoms with E-state index >= 15 is 0 Å². The van der Waals surface area contributed by atoms with Crippen molar-refractivity contribution in [2.75, 3.05) is 18.9 Å². The minimum Gasteiger partial charge on any atom is -0.394 e. The summed E-state index contributed by atoms with van der Waals surface area (Å²) in [7, 11) is 0. The summed E-state index contributed by atoms with van der Waals surface area (Å²) in [6.45, 7) is 7.70. The maximum atomic E-state index is 9.85. The first kappa shape index (κ1) is 16.9. The van der Waals surface area contributed by atoms with Crippen LogP contribution in [-0.4, -0.2) is 29.5 Å². The molecule has 1 aliphatic rings. The molecule has 3 heteroatoms. The average Bonchev–Trinajstić information content (AvgIpc) is 2.86. The Morgan fingerprint density at radius 3 is 2.90 bits per heavy atom. The smallest absolute Gasteiger partial charge is 0.0616 e. The number of hydrogen-bond acceptors (Lipinski definition) is 3. The lowest BCUT2D eigenvalue weighted by Gasteiger charge is -2.35. The third-order valence-corrected chi connectivity index (χ3v) is 6.03. The zero-order valence-electron chi connectivity index (χ0n) is 13.6. The van der Waals surface area contributed by atoms with E-state index in [0.29, 0.717) is 5.92 Å². The van der Waals surface area contributed by atoms with Gasteiger partial charge in [-0.05, 0) is 63.0 Å². The Bertz CT molecular complexity index is 463. The number of hydrogen-bond donors (Lipinski definition) is 2. The highest BCUT2D eigenvalue weighted by Gasteiger charge is 2.41. The molecule has 0 amide bonds. The van der Waals surface area contributed by atoms with E-state index < -0.39 is 0 Å². The SMILES string of the molecule is CCNC1(CO)CCCC1CCSc1cc(C)ccc1C. The highest BCUT2D eigenvalue weighted by molar-refractivity contribution is 7.99. The number of aryl methyl sites for hydroxylation is 2. The van der Waals surface area contributed by atoms with Gasteiger partial charge in [-0.1, -0.05) is 31.0 Å². The van der Waals surface area contributed by atoms with Crippen molar-refractivity contribution < 1.29 is 5.11 Å². The van der Waals surface area contributed by atoms with Crippen LogP contribution in [0.2, 0.25) is 0 Å². The number of aliphatic hydroxyl groups excluding tert-OH is 1. The second-order valence-electron chi connectivity index (χ2n) is 6.34. The summed E-state index contributed by atoms with van der Waals surface area (Å²) < 4.78 is 0. The summed E-state index contributed by atoms with van der Waals surface area (Å²) in [5.74, 6) is 1.75. The minimum atomic E-state index is -0.0169. The van der Waals surface area contributed by atoms with Gasteiger partial charge in [0.2, 0.25) is 0 Å². The van der Waals surface area contributed by atoms with Crippen LogP contribution in [-0.2, 0) is 0 Å². The minimum absolute atomic E-state index is 0.0169. The molecule has 118 valence electrons. The van der Waals surface area contributed by atoms with Gasteiger partial charge in [0, 0.05) is 10.4 Å². The number of benzene rings is 1. The lowest BCUT2D eigenvalue weighted by Crippen LogP contribution is -2.51. The number of likely N-dealkylation sites (N-methyl/N-ethyl adjacent to an activating group) is 1. The molecule has 1 aromatic carbocycles. The van der Waals surface area contributed by atoms with Crippen LogP contribution in [0.1, 0.15) is 43.7 Å².